The van der Waals surface area contributed by atoms with Crippen LogP contribution in [0.5, 0.6) is 5.75 Å². The van der Waals surface area contributed by atoms with E-state index in [0.29, 0.717) is 17.2 Å². The second-order valence-electron chi connectivity index (χ2n) is 10.9. The van der Waals surface area contributed by atoms with Crippen LogP contribution in [0.4, 0.5) is 0 Å². The van der Waals surface area contributed by atoms with Gasteiger partial charge in [-0.1, -0.05) is 35.9 Å². The van der Waals surface area contributed by atoms with E-state index in [1.165, 1.54) is 0 Å². The molecule has 2 aromatic carbocycles. The molecule has 1 spiro atoms. The number of carbonyl (C=O) groups is 1. The molecule has 196 valence electrons. The summed E-state index contributed by atoms with van der Waals surface area (Å²) in [5, 5.41) is 11.2. The Bertz CT molecular complexity index is 1430. The lowest BCUT2D eigenvalue weighted by Crippen LogP contribution is -2.43. The van der Waals surface area contributed by atoms with Gasteiger partial charge in [-0.15, -0.1) is 0 Å². The van der Waals surface area contributed by atoms with Crippen molar-refractivity contribution in [3.8, 4) is 5.75 Å². The first-order valence-corrected chi connectivity index (χ1v) is 13.5. The van der Waals surface area contributed by atoms with Gasteiger partial charge in [0.2, 0.25) is 0 Å². The summed E-state index contributed by atoms with van der Waals surface area (Å²) < 4.78 is 12.0. The van der Waals surface area contributed by atoms with Crippen LogP contribution in [0, 0.1) is 0 Å². The molecule has 0 bridgehead atoms. The average Bonchev–Trinajstić information content (AvgIpc) is 3.06. The van der Waals surface area contributed by atoms with Crippen molar-refractivity contribution in [2.75, 3.05) is 19.6 Å². The summed E-state index contributed by atoms with van der Waals surface area (Å²) in [5.41, 5.74) is 4.93. The third-order valence-corrected chi connectivity index (χ3v) is 8.19. The quantitative estimate of drug-likeness (QED) is 0.427. The molecule has 6 rings (SSSR count). The lowest BCUT2D eigenvalue weighted by Gasteiger charge is -2.38. The fourth-order valence-corrected chi connectivity index (χ4v) is 6.00. The van der Waals surface area contributed by atoms with Crippen LogP contribution in [0.1, 0.15) is 71.4 Å². The number of hydrogen-bond donors (Lipinski definition) is 1. The van der Waals surface area contributed by atoms with Crippen molar-refractivity contribution in [3.63, 3.8) is 0 Å². The van der Waals surface area contributed by atoms with E-state index in [1.54, 1.807) is 26.1 Å². The summed E-state index contributed by atoms with van der Waals surface area (Å²) in [6.45, 7) is 6.57. The first-order valence-electron chi connectivity index (χ1n) is 13.1. The molecule has 0 radical (unpaired) electrons. The Labute approximate surface area is 227 Å². The summed E-state index contributed by atoms with van der Waals surface area (Å²) >= 11 is 6.12. The van der Waals surface area contributed by atoms with Crippen molar-refractivity contribution in [3.05, 3.63) is 99.3 Å². The molecule has 0 saturated carbocycles. The fraction of sp³-hybridized carbons (Fsp3) is 0.355. The Morgan fingerprint density at radius 2 is 1.92 bits per heavy atom. The van der Waals surface area contributed by atoms with E-state index in [4.69, 9.17) is 21.1 Å². The summed E-state index contributed by atoms with van der Waals surface area (Å²) in [5.74, 6) is 0.525. The first-order chi connectivity index (χ1) is 18.2. The predicted molar refractivity (Wildman–Crippen MR) is 146 cm³/mol. The minimum absolute atomic E-state index is 0.271. The zero-order valence-corrected chi connectivity index (χ0v) is 22.4. The van der Waals surface area contributed by atoms with Crippen LogP contribution in [0.2, 0.25) is 5.02 Å². The van der Waals surface area contributed by atoms with Crippen LogP contribution in [-0.4, -0.2) is 40.6 Å². The molecule has 1 fully saturated rings. The monoisotopic (exact) mass is 530 g/mol. The molecule has 6 nitrogen and oxygen atoms in total. The SMILES string of the molecule is CC(C)(O)c1ccc2c(c1)/C(=C/CCN1CCC3(CC1)OC(=O)c1cc(Cl)ccc13)c1cccnc1CO2. The number of aromatic nitrogens is 1. The van der Waals surface area contributed by atoms with Crippen molar-refractivity contribution in [2.45, 2.75) is 50.9 Å². The van der Waals surface area contributed by atoms with E-state index in [2.05, 4.69) is 22.0 Å². The van der Waals surface area contributed by atoms with Crippen molar-refractivity contribution in [1.29, 1.82) is 0 Å². The molecule has 0 atom stereocenters. The van der Waals surface area contributed by atoms with E-state index in [-0.39, 0.29) is 5.97 Å². The maximum absolute atomic E-state index is 12.5. The zero-order valence-electron chi connectivity index (χ0n) is 21.7. The molecule has 3 aromatic rings. The summed E-state index contributed by atoms with van der Waals surface area (Å²) in [6.07, 6.45) is 6.43. The number of pyridine rings is 1. The maximum atomic E-state index is 12.5. The van der Waals surface area contributed by atoms with Gasteiger partial charge in [0, 0.05) is 60.4 Å². The number of nitrogens with zero attached hydrogens (tertiary/aromatic N) is 2. The predicted octanol–water partition coefficient (Wildman–Crippen LogP) is 5.84. The zero-order chi connectivity index (χ0) is 26.5. The highest BCUT2D eigenvalue weighted by Crippen LogP contribution is 2.45. The summed E-state index contributed by atoms with van der Waals surface area (Å²) in [7, 11) is 0. The molecule has 1 N–H and O–H groups in total. The Kier molecular flexibility index (Phi) is 6.29. The second kappa shape index (κ2) is 9.53. The molecule has 3 aliphatic heterocycles. The van der Waals surface area contributed by atoms with Gasteiger partial charge in [-0.25, -0.2) is 4.79 Å². The van der Waals surface area contributed by atoms with Gasteiger partial charge in [-0.05, 0) is 61.7 Å². The highest BCUT2D eigenvalue weighted by atomic mass is 35.5. The molecule has 7 heteroatoms. The van der Waals surface area contributed by atoms with Crippen LogP contribution in [0.15, 0.2) is 60.8 Å². The number of hydrogen-bond acceptors (Lipinski definition) is 6. The molecule has 0 unspecified atom stereocenters. The Morgan fingerprint density at radius 3 is 2.71 bits per heavy atom. The van der Waals surface area contributed by atoms with Crippen LogP contribution in [-0.2, 0) is 22.5 Å². The third kappa shape index (κ3) is 4.51. The number of carbonyl (C=O) groups excluding carboxylic acids is 1. The van der Waals surface area contributed by atoms with Crippen LogP contribution in [0.25, 0.3) is 5.57 Å². The molecule has 0 aliphatic carbocycles. The van der Waals surface area contributed by atoms with E-state index in [1.807, 2.05) is 36.4 Å². The van der Waals surface area contributed by atoms with E-state index >= 15 is 0 Å². The van der Waals surface area contributed by atoms with Gasteiger partial charge < -0.3 is 19.5 Å². The number of benzene rings is 2. The number of rotatable bonds is 4. The Morgan fingerprint density at radius 1 is 1.11 bits per heavy atom. The Balaban J connectivity index is 1.22. The smallest absolute Gasteiger partial charge is 0.339 e. The second-order valence-corrected chi connectivity index (χ2v) is 11.3. The van der Waals surface area contributed by atoms with Gasteiger partial charge in [0.15, 0.2) is 0 Å². The maximum Gasteiger partial charge on any atom is 0.339 e. The van der Waals surface area contributed by atoms with E-state index in [0.717, 1.165) is 78.2 Å². The highest BCUT2D eigenvalue weighted by Gasteiger charge is 2.47. The van der Waals surface area contributed by atoms with Gasteiger partial charge >= 0.3 is 5.97 Å². The number of halogens is 1. The lowest BCUT2D eigenvalue weighted by molar-refractivity contribution is -0.0426. The standard InChI is InChI=1S/C31H31ClN2O4/c1-30(2,36)20-7-10-28-24(17-20)22(23-5-3-13-33-27(23)19-37-28)6-4-14-34-15-11-31(12-16-34)26-9-8-21(32)18-25(26)29(35)38-31/h3,5-10,13,17-18,36H,4,11-12,14-16,19H2,1-2H3/b22-6+. The van der Waals surface area contributed by atoms with Gasteiger partial charge in [0.05, 0.1) is 16.9 Å². The number of likely N-dealkylation sites (tertiary alicyclic amines) is 1. The third-order valence-electron chi connectivity index (χ3n) is 7.96. The average molecular weight is 531 g/mol. The van der Waals surface area contributed by atoms with Crippen LogP contribution < -0.4 is 4.74 Å². The minimum Gasteiger partial charge on any atom is -0.487 e. The molecular formula is C31H31ClN2O4. The highest BCUT2D eigenvalue weighted by molar-refractivity contribution is 6.31. The van der Waals surface area contributed by atoms with Crippen molar-refractivity contribution < 1.29 is 19.4 Å². The van der Waals surface area contributed by atoms with Gasteiger partial charge in [0.25, 0.3) is 0 Å². The molecule has 1 saturated heterocycles. The molecular weight excluding hydrogens is 500 g/mol. The van der Waals surface area contributed by atoms with Crippen molar-refractivity contribution in [1.82, 2.24) is 9.88 Å². The lowest BCUT2D eigenvalue weighted by atomic mass is 9.83. The number of fused-ring (bicyclic) bond motifs is 4. The van der Waals surface area contributed by atoms with Gasteiger partial charge in [0.1, 0.15) is 18.0 Å². The molecule has 0 amide bonds. The van der Waals surface area contributed by atoms with Gasteiger partial charge in [-0.2, -0.15) is 0 Å². The van der Waals surface area contributed by atoms with Crippen LogP contribution in [0.3, 0.4) is 0 Å². The normalized spacial score (nSPS) is 19.4. The van der Waals surface area contributed by atoms with E-state index in [9.17, 15) is 9.90 Å². The van der Waals surface area contributed by atoms with Gasteiger partial charge in [-0.3, -0.25) is 4.98 Å². The minimum atomic E-state index is -0.957. The number of piperidine rings is 1. The first kappa shape index (κ1) is 25.1. The Hall–Kier alpha value is -3.19. The number of aliphatic hydroxyl groups is 1. The van der Waals surface area contributed by atoms with Crippen LogP contribution >= 0.6 is 11.6 Å². The molecule has 1 aromatic heterocycles. The molecule has 4 heterocycles. The largest absolute Gasteiger partial charge is 0.487 e. The van der Waals surface area contributed by atoms with Crippen molar-refractivity contribution in [2.24, 2.45) is 0 Å². The topological polar surface area (TPSA) is 71.9 Å². The fourth-order valence-electron chi connectivity index (χ4n) is 5.83. The summed E-state index contributed by atoms with van der Waals surface area (Å²) in [4.78, 5) is 19.5. The summed E-state index contributed by atoms with van der Waals surface area (Å²) in [6, 6.07) is 15.4. The number of esters is 1. The van der Waals surface area contributed by atoms with E-state index < -0.39 is 11.2 Å². The number of ether oxygens (including phenoxy) is 2. The molecule has 3 aliphatic rings. The molecule has 38 heavy (non-hydrogen) atoms. The van der Waals surface area contributed by atoms with Crippen molar-refractivity contribution >= 4 is 23.1 Å².